The standard InChI is InChI=1S/C19H17NO4/c1-13-7-9-14(10-8-13)11-24-19(22)17-16(21)12-23-18(17)20-15-5-3-2-4-6-15/h2-10,20H,11-12H2,1H3. The minimum absolute atomic E-state index is 0.0778. The molecule has 0 bridgehead atoms. The Hall–Kier alpha value is -3.08. The van der Waals surface area contributed by atoms with Crippen LogP contribution in [0.2, 0.25) is 0 Å². The molecular formula is C19H17NO4. The second kappa shape index (κ2) is 7.00. The van der Waals surface area contributed by atoms with Crippen molar-refractivity contribution in [3.63, 3.8) is 0 Å². The highest BCUT2D eigenvalue weighted by molar-refractivity contribution is 6.19. The lowest BCUT2D eigenvalue weighted by Gasteiger charge is -2.09. The van der Waals surface area contributed by atoms with Gasteiger partial charge in [-0.15, -0.1) is 0 Å². The molecule has 24 heavy (non-hydrogen) atoms. The first-order chi connectivity index (χ1) is 11.6. The highest BCUT2D eigenvalue weighted by Crippen LogP contribution is 2.21. The summed E-state index contributed by atoms with van der Waals surface area (Å²) in [6.45, 7) is 1.93. The van der Waals surface area contributed by atoms with Gasteiger partial charge in [0.05, 0.1) is 0 Å². The van der Waals surface area contributed by atoms with E-state index in [0.717, 1.165) is 16.8 Å². The molecular weight excluding hydrogens is 306 g/mol. The van der Waals surface area contributed by atoms with E-state index in [1.807, 2.05) is 61.5 Å². The Labute approximate surface area is 139 Å². The molecule has 1 aliphatic heterocycles. The molecule has 0 aliphatic carbocycles. The molecule has 0 aromatic heterocycles. The molecule has 2 aromatic rings. The molecule has 0 radical (unpaired) electrons. The summed E-state index contributed by atoms with van der Waals surface area (Å²) in [4.78, 5) is 24.2. The Balaban J connectivity index is 1.71. The van der Waals surface area contributed by atoms with Crippen molar-refractivity contribution in [1.82, 2.24) is 0 Å². The average Bonchev–Trinajstić information content (AvgIpc) is 2.95. The van der Waals surface area contributed by atoms with Gasteiger partial charge in [0.15, 0.2) is 12.2 Å². The molecule has 0 atom stereocenters. The van der Waals surface area contributed by atoms with Crippen molar-refractivity contribution in [2.24, 2.45) is 0 Å². The summed E-state index contributed by atoms with van der Waals surface area (Å²) in [7, 11) is 0. The Morgan fingerprint density at radius 3 is 2.54 bits per heavy atom. The van der Waals surface area contributed by atoms with Gasteiger partial charge in [-0.3, -0.25) is 4.79 Å². The number of rotatable bonds is 5. The van der Waals surface area contributed by atoms with Gasteiger partial charge < -0.3 is 14.8 Å². The first kappa shape index (κ1) is 15.8. The number of hydrogen-bond acceptors (Lipinski definition) is 5. The quantitative estimate of drug-likeness (QED) is 0.677. The van der Waals surface area contributed by atoms with Crippen LogP contribution in [0.5, 0.6) is 0 Å². The minimum Gasteiger partial charge on any atom is -0.470 e. The molecule has 122 valence electrons. The number of hydrogen-bond donors (Lipinski definition) is 1. The molecule has 5 nitrogen and oxygen atoms in total. The molecule has 1 aliphatic rings. The first-order valence-electron chi connectivity index (χ1n) is 7.58. The van der Waals surface area contributed by atoms with E-state index in [1.54, 1.807) is 0 Å². The van der Waals surface area contributed by atoms with Crippen molar-refractivity contribution < 1.29 is 19.1 Å². The molecule has 2 aromatic carbocycles. The number of para-hydroxylation sites is 1. The topological polar surface area (TPSA) is 64.6 Å². The maximum absolute atomic E-state index is 12.3. The summed E-state index contributed by atoms with van der Waals surface area (Å²) in [6, 6.07) is 16.8. The number of ether oxygens (including phenoxy) is 2. The van der Waals surface area contributed by atoms with E-state index in [2.05, 4.69) is 5.32 Å². The number of carbonyl (C=O) groups is 2. The van der Waals surface area contributed by atoms with Crippen molar-refractivity contribution in [3.8, 4) is 0 Å². The maximum atomic E-state index is 12.3. The van der Waals surface area contributed by atoms with Crippen LogP contribution in [0.25, 0.3) is 0 Å². The van der Waals surface area contributed by atoms with Gasteiger partial charge in [0.25, 0.3) is 0 Å². The molecule has 0 spiro atoms. The summed E-state index contributed by atoms with van der Waals surface area (Å²) < 4.78 is 10.5. The van der Waals surface area contributed by atoms with Gasteiger partial charge in [0.2, 0.25) is 11.7 Å². The third-order valence-electron chi connectivity index (χ3n) is 3.58. The van der Waals surface area contributed by atoms with E-state index >= 15 is 0 Å². The Morgan fingerprint density at radius 2 is 1.83 bits per heavy atom. The minimum atomic E-state index is -0.684. The summed E-state index contributed by atoms with van der Waals surface area (Å²) in [5.41, 5.74) is 2.64. The number of carbonyl (C=O) groups excluding carboxylic acids is 2. The molecule has 0 saturated carbocycles. The summed E-state index contributed by atoms with van der Waals surface area (Å²) in [5, 5.41) is 2.94. The monoisotopic (exact) mass is 323 g/mol. The van der Waals surface area contributed by atoms with E-state index in [1.165, 1.54) is 0 Å². The van der Waals surface area contributed by atoms with Crippen LogP contribution in [-0.4, -0.2) is 18.4 Å². The number of esters is 1. The number of benzene rings is 2. The van der Waals surface area contributed by atoms with Crippen LogP contribution < -0.4 is 5.32 Å². The lowest BCUT2D eigenvalue weighted by molar-refractivity contribution is -0.141. The molecule has 0 saturated heterocycles. The lowest BCUT2D eigenvalue weighted by Crippen LogP contribution is -2.16. The van der Waals surface area contributed by atoms with Gasteiger partial charge in [-0.05, 0) is 24.6 Å². The largest absolute Gasteiger partial charge is 0.470 e. The molecule has 0 unspecified atom stereocenters. The van der Waals surface area contributed by atoms with Gasteiger partial charge in [-0.1, -0.05) is 48.0 Å². The highest BCUT2D eigenvalue weighted by atomic mass is 16.5. The van der Waals surface area contributed by atoms with Gasteiger partial charge in [0, 0.05) is 5.69 Å². The molecule has 3 rings (SSSR count). The van der Waals surface area contributed by atoms with E-state index < -0.39 is 5.97 Å². The molecule has 0 amide bonds. The third-order valence-corrected chi connectivity index (χ3v) is 3.58. The van der Waals surface area contributed by atoms with E-state index in [0.29, 0.717) is 0 Å². The van der Waals surface area contributed by atoms with Crippen LogP contribution >= 0.6 is 0 Å². The van der Waals surface area contributed by atoms with Crippen LogP contribution in [0, 0.1) is 6.92 Å². The third kappa shape index (κ3) is 3.63. The van der Waals surface area contributed by atoms with Crippen molar-refractivity contribution in [2.75, 3.05) is 11.9 Å². The number of ketones is 1. The van der Waals surface area contributed by atoms with Gasteiger partial charge in [-0.25, -0.2) is 4.79 Å². The average molecular weight is 323 g/mol. The van der Waals surface area contributed by atoms with Crippen LogP contribution in [0.1, 0.15) is 11.1 Å². The number of anilines is 1. The predicted octanol–water partition coefficient (Wildman–Crippen LogP) is 2.96. The van der Waals surface area contributed by atoms with E-state index in [4.69, 9.17) is 9.47 Å². The second-order valence-corrected chi connectivity index (χ2v) is 5.47. The molecule has 1 heterocycles. The molecule has 0 fully saturated rings. The fourth-order valence-electron chi connectivity index (χ4n) is 2.27. The zero-order chi connectivity index (χ0) is 16.9. The van der Waals surface area contributed by atoms with Gasteiger partial charge >= 0.3 is 5.97 Å². The normalized spacial score (nSPS) is 13.6. The summed E-state index contributed by atoms with van der Waals surface area (Å²) in [6.07, 6.45) is 0. The predicted molar refractivity (Wildman–Crippen MR) is 89.0 cm³/mol. The number of nitrogens with one attached hydrogen (secondary N) is 1. The smallest absolute Gasteiger partial charge is 0.347 e. The zero-order valence-electron chi connectivity index (χ0n) is 13.2. The fourth-order valence-corrected chi connectivity index (χ4v) is 2.27. The van der Waals surface area contributed by atoms with Crippen molar-refractivity contribution >= 4 is 17.4 Å². The molecule has 1 N–H and O–H groups in total. The van der Waals surface area contributed by atoms with Crippen LogP contribution in [-0.2, 0) is 25.7 Å². The summed E-state index contributed by atoms with van der Waals surface area (Å²) >= 11 is 0. The van der Waals surface area contributed by atoms with Crippen molar-refractivity contribution in [1.29, 1.82) is 0 Å². The fraction of sp³-hybridized carbons (Fsp3) is 0.158. The Kier molecular flexibility index (Phi) is 4.61. The zero-order valence-corrected chi connectivity index (χ0v) is 13.2. The lowest BCUT2D eigenvalue weighted by atomic mass is 10.1. The second-order valence-electron chi connectivity index (χ2n) is 5.47. The SMILES string of the molecule is Cc1ccc(COC(=O)C2=C(Nc3ccccc3)OCC2=O)cc1. The highest BCUT2D eigenvalue weighted by Gasteiger charge is 2.32. The van der Waals surface area contributed by atoms with Crippen LogP contribution in [0.3, 0.4) is 0 Å². The first-order valence-corrected chi connectivity index (χ1v) is 7.58. The number of aryl methyl sites for hydroxylation is 1. The number of Topliss-reactive ketones (excluding diaryl/α,β-unsaturated/α-hetero) is 1. The molecule has 5 heteroatoms. The van der Waals surface area contributed by atoms with Crippen molar-refractivity contribution in [3.05, 3.63) is 77.2 Å². The van der Waals surface area contributed by atoms with E-state index in [9.17, 15) is 9.59 Å². The Morgan fingerprint density at radius 1 is 1.12 bits per heavy atom. The van der Waals surface area contributed by atoms with Gasteiger partial charge in [-0.2, -0.15) is 0 Å². The van der Waals surface area contributed by atoms with Crippen LogP contribution in [0.15, 0.2) is 66.1 Å². The van der Waals surface area contributed by atoms with E-state index in [-0.39, 0.29) is 30.5 Å². The van der Waals surface area contributed by atoms with Gasteiger partial charge in [0.1, 0.15) is 6.61 Å². The summed E-state index contributed by atoms with van der Waals surface area (Å²) in [5.74, 6) is -0.932. The van der Waals surface area contributed by atoms with Crippen LogP contribution in [0.4, 0.5) is 5.69 Å². The Bertz CT molecular complexity index is 779. The maximum Gasteiger partial charge on any atom is 0.347 e. The van der Waals surface area contributed by atoms with Crippen molar-refractivity contribution in [2.45, 2.75) is 13.5 Å².